The van der Waals surface area contributed by atoms with Crippen molar-refractivity contribution in [3.05, 3.63) is 83.9 Å². The second-order valence-corrected chi connectivity index (χ2v) is 7.17. The third-order valence-electron chi connectivity index (χ3n) is 3.99. The van der Waals surface area contributed by atoms with E-state index in [4.69, 9.17) is 0 Å². The van der Waals surface area contributed by atoms with Crippen molar-refractivity contribution in [2.75, 3.05) is 0 Å². The zero-order valence-corrected chi connectivity index (χ0v) is 14.6. The molecule has 0 aromatic heterocycles. The average Bonchev–Trinajstić information content (AvgIpc) is 2.64. The number of nitrogens with one attached hydrogen (secondary N) is 1. The Balaban J connectivity index is 1.52. The Labute approximate surface area is 147 Å². The van der Waals surface area contributed by atoms with E-state index < -0.39 is 0 Å². The van der Waals surface area contributed by atoms with Crippen LogP contribution in [0, 0.1) is 0 Å². The summed E-state index contributed by atoms with van der Waals surface area (Å²) in [6, 6.07) is 24.8. The van der Waals surface area contributed by atoms with Crippen LogP contribution in [-0.4, -0.2) is 11.2 Å². The zero-order chi connectivity index (χ0) is 16.8. The van der Waals surface area contributed by atoms with Gasteiger partial charge in [-0.25, -0.2) is 0 Å². The van der Waals surface area contributed by atoms with E-state index in [1.807, 2.05) is 37.3 Å². The Morgan fingerprint density at radius 1 is 0.917 bits per heavy atom. The van der Waals surface area contributed by atoms with Crippen molar-refractivity contribution in [2.45, 2.75) is 24.5 Å². The van der Waals surface area contributed by atoms with Crippen LogP contribution in [0.4, 0.5) is 0 Å². The standard InChI is InChI=1S/C21H21NOS/c1-16(24-15-17-7-3-2-4-8-17)21(23)22-14-18-11-12-19-9-5-6-10-20(19)13-18/h2-13,16H,14-15H2,1H3,(H,22,23). The number of hydrogen-bond acceptors (Lipinski definition) is 2. The van der Waals surface area contributed by atoms with Crippen LogP contribution in [0.25, 0.3) is 10.8 Å². The van der Waals surface area contributed by atoms with E-state index in [1.165, 1.54) is 16.3 Å². The Bertz CT molecular complexity index is 816. The van der Waals surface area contributed by atoms with Gasteiger partial charge in [-0.2, -0.15) is 0 Å². The van der Waals surface area contributed by atoms with Gasteiger partial charge in [0.25, 0.3) is 0 Å². The number of benzene rings is 3. The van der Waals surface area contributed by atoms with Crippen molar-refractivity contribution in [1.82, 2.24) is 5.32 Å². The first-order chi connectivity index (χ1) is 11.7. The minimum absolute atomic E-state index is 0.0642. The predicted molar refractivity (Wildman–Crippen MR) is 103 cm³/mol. The van der Waals surface area contributed by atoms with Crippen LogP contribution in [0.2, 0.25) is 0 Å². The Hall–Kier alpha value is -2.26. The molecule has 0 aliphatic carbocycles. The maximum absolute atomic E-state index is 12.3. The highest BCUT2D eigenvalue weighted by atomic mass is 32.2. The highest BCUT2D eigenvalue weighted by molar-refractivity contribution is 7.99. The molecule has 1 amide bonds. The quantitative estimate of drug-likeness (QED) is 0.702. The summed E-state index contributed by atoms with van der Waals surface area (Å²) < 4.78 is 0. The molecular formula is C21H21NOS. The molecule has 24 heavy (non-hydrogen) atoms. The lowest BCUT2D eigenvalue weighted by atomic mass is 10.1. The van der Waals surface area contributed by atoms with Gasteiger partial charge in [-0.1, -0.05) is 66.7 Å². The van der Waals surface area contributed by atoms with E-state index in [2.05, 4.69) is 47.8 Å². The molecule has 0 heterocycles. The Morgan fingerprint density at radius 3 is 2.42 bits per heavy atom. The first kappa shape index (κ1) is 16.6. The molecule has 0 spiro atoms. The summed E-state index contributed by atoms with van der Waals surface area (Å²) in [5, 5.41) is 5.40. The lowest BCUT2D eigenvalue weighted by Gasteiger charge is -2.12. The molecule has 0 saturated carbocycles. The van der Waals surface area contributed by atoms with E-state index >= 15 is 0 Å². The molecule has 3 aromatic rings. The zero-order valence-electron chi connectivity index (χ0n) is 13.7. The molecule has 3 heteroatoms. The minimum Gasteiger partial charge on any atom is -0.351 e. The summed E-state index contributed by atoms with van der Waals surface area (Å²) in [6.45, 7) is 2.53. The Morgan fingerprint density at radius 2 is 1.62 bits per heavy atom. The number of amides is 1. The van der Waals surface area contributed by atoms with Crippen LogP contribution in [0.3, 0.4) is 0 Å². The summed E-state index contributed by atoms with van der Waals surface area (Å²) in [5.74, 6) is 0.940. The monoisotopic (exact) mass is 335 g/mol. The number of thioether (sulfide) groups is 1. The molecule has 1 unspecified atom stereocenters. The topological polar surface area (TPSA) is 29.1 Å². The first-order valence-electron chi connectivity index (χ1n) is 8.13. The fourth-order valence-electron chi connectivity index (χ4n) is 2.55. The van der Waals surface area contributed by atoms with Crippen molar-refractivity contribution in [3.63, 3.8) is 0 Å². The van der Waals surface area contributed by atoms with E-state index in [9.17, 15) is 4.79 Å². The Kier molecular flexibility index (Phi) is 5.55. The molecule has 3 aromatic carbocycles. The van der Waals surface area contributed by atoms with Crippen LogP contribution in [0.5, 0.6) is 0 Å². The van der Waals surface area contributed by atoms with Crippen molar-refractivity contribution in [2.24, 2.45) is 0 Å². The molecule has 3 rings (SSSR count). The predicted octanol–water partition coefficient (Wildman–Crippen LogP) is 4.78. The van der Waals surface area contributed by atoms with E-state index in [1.54, 1.807) is 11.8 Å². The highest BCUT2D eigenvalue weighted by Gasteiger charge is 2.13. The molecule has 0 fully saturated rings. The molecule has 1 atom stereocenters. The number of carbonyl (C=O) groups excluding carboxylic acids is 1. The fourth-order valence-corrected chi connectivity index (χ4v) is 3.42. The van der Waals surface area contributed by atoms with Crippen LogP contribution < -0.4 is 5.32 Å². The number of rotatable bonds is 6. The summed E-state index contributed by atoms with van der Waals surface area (Å²) in [4.78, 5) is 12.3. The molecule has 0 radical (unpaired) electrons. The smallest absolute Gasteiger partial charge is 0.233 e. The number of carbonyl (C=O) groups is 1. The molecule has 2 nitrogen and oxygen atoms in total. The van der Waals surface area contributed by atoms with Crippen molar-refractivity contribution in [1.29, 1.82) is 0 Å². The van der Waals surface area contributed by atoms with Crippen LogP contribution in [0.15, 0.2) is 72.8 Å². The number of hydrogen-bond donors (Lipinski definition) is 1. The highest BCUT2D eigenvalue weighted by Crippen LogP contribution is 2.18. The third-order valence-corrected chi connectivity index (χ3v) is 5.21. The molecule has 0 aliphatic rings. The van der Waals surface area contributed by atoms with Gasteiger partial charge in [-0.15, -0.1) is 11.8 Å². The van der Waals surface area contributed by atoms with E-state index in [0.29, 0.717) is 6.54 Å². The summed E-state index contributed by atoms with van der Waals surface area (Å²) in [5.41, 5.74) is 2.37. The first-order valence-corrected chi connectivity index (χ1v) is 9.18. The third kappa shape index (κ3) is 4.39. The second-order valence-electron chi connectivity index (χ2n) is 5.84. The van der Waals surface area contributed by atoms with Gasteiger partial charge in [0.1, 0.15) is 0 Å². The van der Waals surface area contributed by atoms with Gasteiger partial charge in [0.15, 0.2) is 0 Å². The normalized spacial score (nSPS) is 12.0. The van der Waals surface area contributed by atoms with E-state index in [0.717, 1.165) is 11.3 Å². The molecule has 0 aliphatic heterocycles. The SMILES string of the molecule is CC(SCc1ccccc1)C(=O)NCc1ccc2ccccc2c1. The molecular weight excluding hydrogens is 314 g/mol. The van der Waals surface area contributed by atoms with Gasteiger partial charge < -0.3 is 5.32 Å². The van der Waals surface area contributed by atoms with Gasteiger partial charge >= 0.3 is 0 Å². The minimum atomic E-state index is -0.0642. The molecule has 0 saturated heterocycles. The summed E-state index contributed by atoms with van der Waals surface area (Å²) >= 11 is 1.66. The van der Waals surface area contributed by atoms with Gasteiger partial charge in [-0.05, 0) is 34.9 Å². The lowest BCUT2D eigenvalue weighted by molar-refractivity contribution is -0.120. The fraction of sp³-hybridized carbons (Fsp3) is 0.190. The maximum Gasteiger partial charge on any atom is 0.233 e. The van der Waals surface area contributed by atoms with Crippen LogP contribution >= 0.6 is 11.8 Å². The second kappa shape index (κ2) is 8.02. The molecule has 0 bridgehead atoms. The number of fused-ring (bicyclic) bond motifs is 1. The molecule has 1 N–H and O–H groups in total. The van der Waals surface area contributed by atoms with Crippen molar-refractivity contribution in [3.8, 4) is 0 Å². The largest absolute Gasteiger partial charge is 0.351 e. The van der Waals surface area contributed by atoms with Gasteiger partial charge in [0, 0.05) is 12.3 Å². The molecule has 122 valence electrons. The van der Waals surface area contributed by atoms with Gasteiger partial charge in [0.05, 0.1) is 5.25 Å². The van der Waals surface area contributed by atoms with Crippen molar-refractivity contribution >= 4 is 28.4 Å². The lowest BCUT2D eigenvalue weighted by Crippen LogP contribution is -2.30. The van der Waals surface area contributed by atoms with Gasteiger partial charge in [0.2, 0.25) is 5.91 Å². The van der Waals surface area contributed by atoms with Gasteiger partial charge in [-0.3, -0.25) is 4.79 Å². The van der Waals surface area contributed by atoms with E-state index in [-0.39, 0.29) is 11.2 Å². The summed E-state index contributed by atoms with van der Waals surface area (Å²) in [7, 11) is 0. The maximum atomic E-state index is 12.3. The van der Waals surface area contributed by atoms with Crippen molar-refractivity contribution < 1.29 is 4.79 Å². The van der Waals surface area contributed by atoms with Crippen LogP contribution in [0.1, 0.15) is 18.1 Å². The van der Waals surface area contributed by atoms with Crippen LogP contribution in [-0.2, 0) is 17.1 Å². The average molecular weight is 335 g/mol. The summed E-state index contributed by atoms with van der Waals surface area (Å²) in [6.07, 6.45) is 0.